The molecule has 0 N–H and O–H groups in total. The van der Waals surface area contributed by atoms with E-state index in [9.17, 15) is 0 Å². The molecule has 0 heterocycles. The monoisotopic (exact) mass is 808 g/mol. The normalized spacial score (nSPS) is 16.3. The van der Waals surface area contributed by atoms with E-state index in [2.05, 4.69) is 231 Å². The summed E-state index contributed by atoms with van der Waals surface area (Å²) in [6.45, 7) is 0. The molecule has 4 aliphatic rings. The van der Waals surface area contributed by atoms with Gasteiger partial charge in [0.15, 0.2) is 0 Å². The van der Waals surface area contributed by atoms with Crippen LogP contribution in [-0.2, 0) is 0 Å². The van der Waals surface area contributed by atoms with Gasteiger partial charge in [0, 0.05) is 11.8 Å². The molecule has 0 amide bonds. The molecular weight excluding hydrogens is 769 g/mol. The van der Waals surface area contributed by atoms with Gasteiger partial charge in [0.1, 0.15) is 0 Å². The van der Waals surface area contributed by atoms with Crippen molar-refractivity contribution >= 4 is 49.0 Å². The van der Waals surface area contributed by atoms with E-state index in [0.717, 1.165) is 0 Å². The molecule has 0 nitrogen and oxygen atoms in total. The predicted molar refractivity (Wildman–Crippen MR) is 272 cm³/mol. The van der Waals surface area contributed by atoms with Crippen molar-refractivity contribution in [2.75, 3.05) is 0 Å². The molecule has 0 saturated heterocycles. The molecule has 0 aliphatic heterocycles. The fourth-order valence-corrected chi connectivity index (χ4v) is 11.8. The molecule has 2 atom stereocenters. The van der Waals surface area contributed by atoms with Crippen LogP contribution in [0.4, 0.5) is 0 Å². The Balaban J connectivity index is 0.968. The minimum atomic E-state index is 0.293. The molecule has 2 unspecified atom stereocenters. The van der Waals surface area contributed by atoms with Crippen LogP contribution < -0.4 is 0 Å². The van der Waals surface area contributed by atoms with E-state index in [-0.39, 0.29) is 0 Å². The lowest BCUT2D eigenvalue weighted by molar-refractivity contribution is 0.726. The number of benzene rings is 10. The van der Waals surface area contributed by atoms with Crippen LogP contribution >= 0.6 is 0 Å². The van der Waals surface area contributed by atoms with Crippen LogP contribution in [0.3, 0.4) is 0 Å². The smallest absolute Gasteiger partial charge is 0.0205 e. The van der Waals surface area contributed by atoms with Gasteiger partial charge < -0.3 is 0 Å². The van der Waals surface area contributed by atoms with Crippen LogP contribution in [0.15, 0.2) is 231 Å². The fourth-order valence-electron chi connectivity index (χ4n) is 11.8. The van der Waals surface area contributed by atoms with Gasteiger partial charge in [-0.1, -0.05) is 212 Å². The summed E-state index contributed by atoms with van der Waals surface area (Å²) in [6, 6.07) is 74.8. The Hall–Kier alpha value is -8.06. The molecular formula is C64H40. The molecule has 0 saturated carbocycles. The topological polar surface area (TPSA) is 0 Å². The molecule has 0 fully saturated rings. The second-order valence-corrected chi connectivity index (χ2v) is 17.8. The van der Waals surface area contributed by atoms with Crippen molar-refractivity contribution in [2.24, 2.45) is 11.8 Å². The van der Waals surface area contributed by atoms with E-state index >= 15 is 0 Å². The van der Waals surface area contributed by atoms with E-state index in [1.165, 1.54) is 132 Å². The van der Waals surface area contributed by atoms with Crippen molar-refractivity contribution in [1.82, 2.24) is 0 Å². The highest BCUT2D eigenvalue weighted by Gasteiger charge is 2.41. The molecule has 0 aromatic heterocycles. The first-order valence-electron chi connectivity index (χ1n) is 22.6. The van der Waals surface area contributed by atoms with Crippen molar-refractivity contribution in [3.05, 3.63) is 247 Å². The summed E-state index contributed by atoms with van der Waals surface area (Å²) < 4.78 is 0. The van der Waals surface area contributed by atoms with Crippen LogP contribution in [0.5, 0.6) is 0 Å². The number of fused-ring (bicyclic) bond motifs is 8. The largest absolute Gasteiger partial charge is 0.0760 e. The highest BCUT2D eigenvalue weighted by molar-refractivity contribution is 6.29. The van der Waals surface area contributed by atoms with Gasteiger partial charge in [-0.3, -0.25) is 0 Å². The zero-order valence-corrected chi connectivity index (χ0v) is 35.1. The lowest BCUT2D eigenvalue weighted by Crippen LogP contribution is -2.18. The quantitative estimate of drug-likeness (QED) is 0.162. The number of allylic oxidation sites excluding steroid dienone is 8. The first-order chi connectivity index (χ1) is 31.8. The Morgan fingerprint density at radius 2 is 0.875 bits per heavy atom. The third-order valence-electron chi connectivity index (χ3n) is 14.6. The standard InChI is InChI=1S/C64H40/c1-4-15-40(16-5-1)47-33-35-56-62-50(47)23-13-25-55(62)63-60(42-19-8-3-9-20-42)58-38-45(29-31-54(58)59(64(56)63)41-17-6-2-7-18-41)44-28-30-49-53-34-32-48(46-27-26-39-14-10-11-21-43(39)36-46)51-22-12-24-52(61(51)53)57(49)37-44/h1-38,51,61H. The summed E-state index contributed by atoms with van der Waals surface area (Å²) in [6.07, 6.45) is 11.9. The van der Waals surface area contributed by atoms with Crippen LogP contribution in [-0.4, -0.2) is 0 Å². The minimum Gasteiger partial charge on any atom is -0.0760 e. The van der Waals surface area contributed by atoms with Gasteiger partial charge in [-0.05, 0) is 151 Å². The Morgan fingerprint density at radius 1 is 0.281 bits per heavy atom. The zero-order chi connectivity index (χ0) is 41.9. The summed E-state index contributed by atoms with van der Waals surface area (Å²) in [7, 11) is 0. The Morgan fingerprint density at radius 3 is 1.66 bits per heavy atom. The van der Waals surface area contributed by atoms with Crippen LogP contribution in [0.1, 0.15) is 16.7 Å². The summed E-state index contributed by atoms with van der Waals surface area (Å²) in [4.78, 5) is 0. The van der Waals surface area contributed by atoms with Gasteiger partial charge in [-0.15, -0.1) is 0 Å². The molecule has 0 spiro atoms. The molecule has 14 rings (SSSR count). The van der Waals surface area contributed by atoms with Crippen LogP contribution in [0.25, 0.3) is 116 Å². The van der Waals surface area contributed by atoms with Gasteiger partial charge in [0.05, 0.1) is 0 Å². The molecule has 0 radical (unpaired) electrons. The van der Waals surface area contributed by atoms with Crippen molar-refractivity contribution in [3.8, 4) is 66.8 Å². The summed E-state index contributed by atoms with van der Waals surface area (Å²) >= 11 is 0. The SMILES string of the molecule is C1=CC2C(c3ccc4ccccc4c3)=CC=C3c4ccc(-c5ccc6c(-c7ccccc7)c7c(c(-c8ccccc8)c6c5)-c5cccc6c(-c8ccccc8)ccc-7c56)cc4C(=C1)C32. The summed E-state index contributed by atoms with van der Waals surface area (Å²) in [5.74, 6) is 0.604. The predicted octanol–water partition coefficient (Wildman–Crippen LogP) is 17.1. The summed E-state index contributed by atoms with van der Waals surface area (Å²) in [5.41, 5.74) is 23.6. The van der Waals surface area contributed by atoms with Crippen molar-refractivity contribution in [2.45, 2.75) is 0 Å². The first-order valence-corrected chi connectivity index (χ1v) is 22.6. The Kier molecular flexibility index (Phi) is 7.62. The van der Waals surface area contributed by atoms with E-state index in [1.54, 1.807) is 0 Å². The van der Waals surface area contributed by atoms with Gasteiger partial charge in [-0.25, -0.2) is 0 Å². The number of rotatable bonds is 5. The fraction of sp³-hybridized carbons (Fsp3) is 0.0312. The molecule has 0 heteroatoms. The van der Waals surface area contributed by atoms with Crippen LogP contribution in [0.2, 0.25) is 0 Å². The maximum atomic E-state index is 2.49. The lowest BCUT2D eigenvalue weighted by Gasteiger charge is -2.31. The number of hydrogen-bond acceptors (Lipinski definition) is 0. The molecule has 296 valence electrons. The molecule has 0 bridgehead atoms. The van der Waals surface area contributed by atoms with Crippen molar-refractivity contribution in [1.29, 1.82) is 0 Å². The molecule has 64 heavy (non-hydrogen) atoms. The van der Waals surface area contributed by atoms with Crippen LogP contribution in [0, 0.1) is 11.8 Å². The van der Waals surface area contributed by atoms with E-state index in [4.69, 9.17) is 0 Å². The average Bonchev–Trinajstić information content (AvgIpc) is 3.87. The maximum absolute atomic E-state index is 2.49. The molecule has 10 aromatic rings. The van der Waals surface area contributed by atoms with Crippen molar-refractivity contribution < 1.29 is 0 Å². The molecule has 4 aliphatic carbocycles. The Bertz CT molecular complexity index is 3750. The van der Waals surface area contributed by atoms with Gasteiger partial charge in [-0.2, -0.15) is 0 Å². The molecule has 10 aromatic carbocycles. The average molecular weight is 809 g/mol. The van der Waals surface area contributed by atoms with Gasteiger partial charge >= 0.3 is 0 Å². The van der Waals surface area contributed by atoms with Gasteiger partial charge in [0.25, 0.3) is 0 Å². The van der Waals surface area contributed by atoms with E-state index in [0.29, 0.717) is 11.8 Å². The zero-order valence-electron chi connectivity index (χ0n) is 35.1. The Labute approximate surface area is 373 Å². The third kappa shape index (κ3) is 5.11. The van der Waals surface area contributed by atoms with E-state index in [1.807, 2.05) is 0 Å². The lowest BCUT2D eigenvalue weighted by atomic mass is 9.72. The second-order valence-electron chi connectivity index (χ2n) is 17.8. The second kappa shape index (κ2) is 13.7. The third-order valence-corrected chi connectivity index (χ3v) is 14.6. The van der Waals surface area contributed by atoms with Crippen molar-refractivity contribution in [3.63, 3.8) is 0 Å². The van der Waals surface area contributed by atoms with E-state index < -0.39 is 0 Å². The first kappa shape index (κ1) is 35.5. The highest BCUT2D eigenvalue weighted by atomic mass is 14.4. The number of hydrogen-bond donors (Lipinski definition) is 0. The van der Waals surface area contributed by atoms with Gasteiger partial charge in [0.2, 0.25) is 0 Å². The minimum absolute atomic E-state index is 0.293. The maximum Gasteiger partial charge on any atom is 0.0205 e. The highest BCUT2D eigenvalue weighted by Crippen LogP contribution is 2.60. The summed E-state index contributed by atoms with van der Waals surface area (Å²) in [5, 5.41) is 7.75.